The maximum atomic E-state index is 14.6. The first-order valence-corrected chi connectivity index (χ1v) is 38.3. The van der Waals surface area contributed by atoms with Gasteiger partial charge in [-0.25, -0.2) is 21.6 Å². The Morgan fingerprint density at radius 1 is 0.736 bits per heavy atom. The number of nitrogens with zero attached hydrogens (tertiary/aromatic N) is 2. The highest BCUT2D eigenvalue weighted by Gasteiger charge is 2.51. The van der Waals surface area contributed by atoms with E-state index >= 15 is 0 Å². The van der Waals surface area contributed by atoms with Gasteiger partial charge in [0.25, 0.3) is 34.1 Å². The number of hydrogen-bond donors (Lipinski definition) is 2. The lowest BCUT2D eigenvalue weighted by Gasteiger charge is -2.44. The number of halogens is 4. The van der Waals surface area contributed by atoms with Crippen LogP contribution in [0, 0.1) is 5.92 Å². The van der Waals surface area contributed by atoms with Gasteiger partial charge in [0.2, 0.25) is 0 Å². The number of piperidine rings is 1. The van der Waals surface area contributed by atoms with E-state index in [9.17, 15) is 34.8 Å². The molecule has 1 heterocycles. The zero-order valence-corrected chi connectivity index (χ0v) is 56.3. The average Bonchev–Trinajstić information content (AvgIpc) is 0.835. The Hall–Kier alpha value is -5.75. The van der Waals surface area contributed by atoms with E-state index in [0.29, 0.717) is 43.8 Å². The molecule has 3 atom stereocenters. The Bertz CT molecular complexity index is 3630. The summed E-state index contributed by atoms with van der Waals surface area (Å²) in [5.74, 6) is -0.869. The topological polar surface area (TPSA) is 134 Å². The van der Waals surface area contributed by atoms with Crippen molar-refractivity contribution in [1.82, 2.24) is 9.62 Å². The summed E-state index contributed by atoms with van der Waals surface area (Å²) in [4.78, 5) is 16.8. The highest BCUT2D eigenvalue weighted by molar-refractivity contribution is 7.99. The van der Waals surface area contributed by atoms with Crippen LogP contribution in [0.4, 0.5) is 24.5 Å². The fourth-order valence-corrected chi connectivity index (χ4v) is 20.4. The van der Waals surface area contributed by atoms with Crippen molar-refractivity contribution in [2.75, 3.05) is 43.5 Å². The fraction of sp³-hybridized carbons (Fsp3) is 0.358. The summed E-state index contributed by atoms with van der Waals surface area (Å²) in [6.07, 6.45) is 1.73. The van der Waals surface area contributed by atoms with Gasteiger partial charge in [0.1, 0.15) is 4.90 Å². The van der Waals surface area contributed by atoms with E-state index in [0.717, 1.165) is 62.6 Å². The molecule has 7 aromatic rings. The molecular formula is C67H80ClF3N4O7S3Si2. The van der Waals surface area contributed by atoms with Crippen LogP contribution in [-0.2, 0) is 28.7 Å². The van der Waals surface area contributed by atoms with E-state index in [1.165, 1.54) is 12.1 Å². The molecule has 0 radical (unpaired) electrons. The van der Waals surface area contributed by atoms with Crippen LogP contribution >= 0.6 is 23.4 Å². The van der Waals surface area contributed by atoms with Gasteiger partial charge < -0.3 is 19.1 Å². The molecule has 87 heavy (non-hydrogen) atoms. The number of sulfone groups is 1. The molecule has 1 aliphatic rings. The second kappa shape index (κ2) is 27.6. The molecule has 0 aliphatic carbocycles. The van der Waals surface area contributed by atoms with E-state index in [2.05, 4.69) is 112 Å². The minimum Gasteiger partial charge on any atom is -0.410 e. The standard InChI is InChI=1S/C67H80ClF3N4O7S3Si2/c1-48(46-62(83-54-22-14-11-15-23-54)74(8)44-45-81-87(66(5,6)7,56-24-16-12-17-25-56)57-26-18-13-19-27-57)72-60-39-38-55(47-61(60)84(77,78)67(69,70)71)85(79,80)73-64(76)51-32-36-53(37-33-51)75-42-40-50(41-43-75)63(82-86(9,10)65(2,3)4)59-29-21-20-28-58(59)49-30-34-52(68)35-31-49/h11-39,47-48,50,62-63,72H,40-46H2,1-10H3,(H,73,76)/t48?,62-,63?/m1/s1. The quantitative estimate of drug-likeness (QED) is 0.0360. The number of benzene rings is 7. The van der Waals surface area contributed by atoms with E-state index in [1.807, 2.05) is 109 Å². The third kappa shape index (κ3) is 15.8. The number of carbonyl (C=O) groups excluding carboxylic acids is 1. The fourth-order valence-electron chi connectivity index (χ4n) is 11.1. The molecule has 11 nitrogen and oxygen atoms in total. The number of nitrogens with one attached hydrogen (secondary N) is 2. The van der Waals surface area contributed by atoms with Gasteiger partial charge in [0, 0.05) is 53.5 Å². The lowest BCUT2D eigenvalue weighted by atomic mass is 9.84. The van der Waals surface area contributed by atoms with Crippen molar-refractivity contribution in [3.05, 3.63) is 198 Å². The third-order valence-corrected chi connectivity index (χ3v) is 30.8. The predicted molar refractivity (Wildman–Crippen MR) is 354 cm³/mol. The minimum atomic E-state index is -6.14. The maximum absolute atomic E-state index is 14.6. The molecule has 7 aromatic carbocycles. The van der Waals surface area contributed by atoms with Crippen molar-refractivity contribution >= 4 is 87.5 Å². The molecule has 1 amide bonds. The number of amides is 1. The largest absolute Gasteiger partial charge is 0.501 e. The zero-order valence-electron chi connectivity index (χ0n) is 51.1. The van der Waals surface area contributed by atoms with E-state index < -0.39 is 69.4 Å². The molecular weight excluding hydrogens is 1220 g/mol. The van der Waals surface area contributed by atoms with Gasteiger partial charge in [-0.1, -0.05) is 168 Å². The maximum Gasteiger partial charge on any atom is 0.501 e. The molecule has 0 spiro atoms. The van der Waals surface area contributed by atoms with Crippen molar-refractivity contribution in [1.29, 1.82) is 0 Å². The Morgan fingerprint density at radius 3 is 1.84 bits per heavy atom. The third-order valence-electron chi connectivity index (χ3n) is 16.8. The molecule has 2 N–H and O–H groups in total. The molecule has 1 aliphatic heterocycles. The lowest BCUT2D eigenvalue weighted by molar-refractivity contribution is -0.0436. The van der Waals surface area contributed by atoms with Crippen LogP contribution in [0.5, 0.6) is 0 Å². The second-order valence-electron chi connectivity index (χ2n) is 25.0. The average molecular weight is 1300 g/mol. The van der Waals surface area contributed by atoms with Crippen LogP contribution in [0.1, 0.15) is 89.8 Å². The lowest BCUT2D eigenvalue weighted by Crippen LogP contribution is -2.67. The Kier molecular flexibility index (Phi) is 21.3. The van der Waals surface area contributed by atoms with Crippen molar-refractivity contribution in [3.8, 4) is 11.1 Å². The van der Waals surface area contributed by atoms with E-state index in [1.54, 1.807) is 30.8 Å². The molecule has 0 bridgehead atoms. The molecule has 20 heteroatoms. The van der Waals surface area contributed by atoms with Crippen LogP contribution in [0.3, 0.4) is 0 Å². The Morgan fingerprint density at radius 2 is 1.29 bits per heavy atom. The number of anilines is 2. The van der Waals surface area contributed by atoms with Crippen molar-refractivity contribution in [3.63, 3.8) is 0 Å². The summed E-state index contributed by atoms with van der Waals surface area (Å²) in [6, 6.07) is 54.6. The number of hydrogen-bond acceptors (Lipinski definition) is 11. The first-order chi connectivity index (χ1) is 40.9. The molecule has 0 aromatic heterocycles. The molecule has 1 saturated heterocycles. The minimum absolute atomic E-state index is 0.0310. The Labute approximate surface area is 524 Å². The number of thioether (sulfide) groups is 1. The first kappa shape index (κ1) is 67.2. The smallest absolute Gasteiger partial charge is 0.410 e. The highest BCUT2D eigenvalue weighted by Crippen LogP contribution is 2.47. The van der Waals surface area contributed by atoms with Crippen LogP contribution < -0.4 is 25.3 Å². The summed E-state index contributed by atoms with van der Waals surface area (Å²) < 4.78 is 115. The molecule has 0 saturated carbocycles. The van der Waals surface area contributed by atoms with Gasteiger partial charge in [0.15, 0.2) is 8.32 Å². The van der Waals surface area contributed by atoms with Crippen LogP contribution in [0.25, 0.3) is 11.1 Å². The van der Waals surface area contributed by atoms with Gasteiger partial charge in [-0.3, -0.25) is 9.69 Å². The first-order valence-electron chi connectivity index (χ1n) is 29.3. The van der Waals surface area contributed by atoms with E-state index in [-0.39, 0.29) is 33.0 Å². The number of sulfonamides is 1. The summed E-state index contributed by atoms with van der Waals surface area (Å²) in [5.41, 5.74) is -2.19. The molecule has 8 rings (SSSR count). The summed E-state index contributed by atoms with van der Waals surface area (Å²) >= 11 is 7.83. The molecule has 2 unspecified atom stereocenters. The summed E-state index contributed by atoms with van der Waals surface area (Å²) in [7, 11) is -14.3. The van der Waals surface area contributed by atoms with Gasteiger partial charge in [0.05, 0.1) is 22.1 Å². The Balaban J connectivity index is 0.963. The van der Waals surface area contributed by atoms with Gasteiger partial charge in [-0.2, -0.15) is 13.2 Å². The predicted octanol–water partition coefficient (Wildman–Crippen LogP) is 15.2. The van der Waals surface area contributed by atoms with Crippen molar-refractivity contribution in [2.45, 2.75) is 129 Å². The van der Waals surface area contributed by atoms with Crippen LogP contribution in [-0.4, -0.2) is 94.5 Å². The SMILES string of the molecule is CC(C[C@@H](Sc1ccccc1)N(C)CCO[Si](c1ccccc1)(c1ccccc1)C(C)(C)C)Nc1ccc(S(=O)(=O)NC(=O)c2ccc(N3CCC(C(O[Si](C)(C)C(C)(C)C)c4ccccc4-c4ccc(Cl)cc4)CC3)cc2)cc1S(=O)(=O)C(F)(F)F. The summed E-state index contributed by atoms with van der Waals surface area (Å²) in [5, 5.41) is 5.29. The van der Waals surface area contributed by atoms with Gasteiger partial charge >= 0.3 is 5.51 Å². The molecule has 464 valence electrons. The monoisotopic (exact) mass is 1300 g/mol. The number of rotatable bonds is 23. The normalized spacial score (nSPS) is 15.2. The number of alkyl halides is 3. The van der Waals surface area contributed by atoms with E-state index in [4.69, 9.17) is 20.5 Å². The zero-order chi connectivity index (χ0) is 63.2. The van der Waals surface area contributed by atoms with Gasteiger partial charge in [-0.05, 0) is 156 Å². The van der Waals surface area contributed by atoms with Crippen LogP contribution in [0.2, 0.25) is 28.2 Å². The van der Waals surface area contributed by atoms with Gasteiger partial charge in [-0.15, -0.1) is 11.8 Å². The second-order valence-corrected chi connectivity index (χ2v) is 39.3. The highest BCUT2D eigenvalue weighted by atomic mass is 35.5. The number of likely N-dealkylation sites (N-methyl/N-ethyl adjacent to an activating group) is 1. The molecule has 1 fully saturated rings. The summed E-state index contributed by atoms with van der Waals surface area (Å²) in [6.45, 7) is 21.7. The van der Waals surface area contributed by atoms with Crippen LogP contribution in [0.15, 0.2) is 197 Å². The number of carbonyl (C=O) groups is 1. The van der Waals surface area contributed by atoms with Crippen molar-refractivity contribution < 1.29 is 43.7 Å². The van der Waals surface area contributed by atoms with Crippen molar-refractivity contribution in [2.24, 2.45) is 5.92 Å².